The average Bonchev–Trinajstić information content (AvgIpc) is 2.55. The fourth-order valence-electron chi connectivity index (χ4n) is 2.56. The fraction of sp³-hybridized carbons (Fsp3) is 0.533. The van der Waals surface area contributed by atoms with Gasteiger partial charge in [-0.1, -0.05) is 35.4 Å². The number of carbonyl (C=O) groups excluding carboxylic acids is 1. The first-order valence-corrected chi connectivity index (χ1v) is 7.28. The Kier molecular flexibility index (Phi) is 6.06. The van der Waals surface area contributed by atoms with E-state index in [2.05, 4.69) is 15.3 Å². The van der Waals surface area contributed by atoms with Gasteiger partial charge in [0.15, 0.2) is 0 Å². The molecule has 112 valence electrons. The SMILES string of the molecule is [N-]=[N+]=NCCCNC(=O)C1CCCOC1c1ccccc1. The molecule has 0 spiro atoms. The molecule has 1 aliphatic heterocycles. The van der Waals surface area contributed by atoms with Crippen molar-refractivity contribution in [3.05, 3.63) is 46.3 Å². The molecule has 1 fully saturated rings. The Morgan fingerprint density at radius 1 is 1.43 bits per heavy atom. The lowest BCUT2D eigenvalue weighted by Crippen LogP contribution is -2.38. The van der Waals surface area contributed by atoms with Crippen LogP contribution in [-0.4, -0.2) is 25.6 Å². The lowest BCUT2D eigenvalue weighted by Gasteiger charge is -2.31. The first-order valence-electron chi connectivity index (χ1n) is 7.28. The summed E-state index contributed by atoms with van der Waals surface area (Å²) < 4.78 is 5.82. The van der Waals surface area contributed by atoms with Gasteiger partial charge in [-0.05, 0) is 30.4 Å². The highest BCUT2D eigenvalue weighted by Crippen LogP contribution is 2.33. The summed E-state index contributed by atoms with van der Waals surface area (Å²) in [7, 11) is 0. The van der Waals surface area contributed by atoms with Gasteiger partial charge in [-0.3, -0.25) is 4.79 Å². The molecule has 2 rings (SSSR count). The summed E-state index contributed by atoms with van der Waals surface area (Å²) in [5.74, 6) is -0.134. The summed E-state index contributed by atoms with van der Waals surface area (Å²) in [6.45, 7) is 1.62. The van der Waals surface area contributed by atoms with Crippen LogP contribution in [0, 0.1) is 5.92 Å². The van der Waals surface area contributed by atoms with Crippen LogP contribution in [0.2, 0.25) is 0 Å². The van der Waals surface area contributed by atoms with Gasteiger partial charge in [-0.15, -0.1) is 0 Å². The topological polar surface area (TPSA) is 87.1 Å². The van der Waals surface area contributed by atoms with Gasteiger partial charge >= 0.3 is 0 Å². The average molecular weight is 288 g/mol. The Hall–Kier alpha value is -2.04. The van der Waals surface area contributed by atoms with Crippen molar-refractivity contribution in [2.75, 3.05) is 19.7 Å². The van der Waals surface area contributed by atoms with Gasteiger partial charge in [0.1, 0.15) is 0 Å². The highest BCUT2D eigenvalue weighted by molar-refractivity contribution is 5.79. The second kappa shape index (κ2) is 8.29. The number of nitrogens with zero attached hydrogens (tertiary/aromatic N) is 3. The summed E-state index contributed by atoms with van der Waals surface area (Å²) >= 11 is 0. The lowest BCUT2D eigenvalue weighted by molar-refractivity contribution is -0.134. The highest BCUT2D eigenvalue weighted by atomic mass is 16.5. The van der Waals surface area contributed by atoms with E-state index in [4.69, 9.17) is 10.3 Å². The zero-order chi connectivity index (χ0) is 14.9. The Morgan fingerprint density at radius 2 is 2.24 bits per heavy atom. The molecule has 2 unspecified atom stereocenters. The number of nitrogens with one attached hydrogen (secondary N) is 1. The minimum absolute atomic E-state index is 0.0180. The Balaban J connectivity index is 1.92. The molecule has 1 saturated heterocycles. The van der Waals surface area contributed by atoms with E-state index in [1.807, 2.05) is 30.3 Å². The van der Waals surface area contributed by atoms with Crippen molar-refractivity contribution in [3.63, 3.8) is 0 Å². The molecule has 1 aliphatic rings. The molecule has 0 saturated carbocycles. The number of ether oxygens (including phenoxy) is 1. The standard InChI is InChI=1S/C15H20N4O2/c16-19-18-10-5-9-17-15(20)13-8-4-11-21-14(13)12-6-2-1-3-7-12/h1-3,6-7,13-14H,4-5,8-11H2,(H,17,20). The number of rotatable bonds is 6. The Morgan fingerprint density at radius 3 is 3.00 bits per heavy atom. The molecular weight excluding hydrogens is 268 g/mol. The highest BCUT2D eigenvalue weighted by Gasteiger charge is 2.32. The van der Waals surface area contributed by atoms with Crippen LogP contribution in [0.25, 0.3) is 10.4 Å². The molecule has 21 heavy (non-hydrogen) atoms. The third-order valence-electron chi connectivity index (χ3n) is 3.58. The van der Waals surface area contributed by atoms with Gasteiger partial charge in [-0.25, -0.2) is 0 Å². The molecule has 0 radical (unpaired) electrons. The van der Waals surface area contributed by atoms with Crippen LogP contribution in [0.1, 0.15) is 30.9 Å². The third kappa shape index (κ3) is 4.48. The molecule has 1 aromatic carbocycles. The molecule has 1 heterocycles. The predicted octanol–water partition coefficient (Wildman–Crippen LogP) is 2.97. The van der Waals surface area contributed by atoms with E-state index in [0.717, 1.165) is 18.4 Å². The zero-order valence-electron chi connectivity index (χ0n) is 11.9. The molecule has 6 heteroatoms. The smallest absolute Gasteiger partial charge is 0.226 e. The third-order valence-corrected chi connectivity index (χ3v) is 3.58. The van der Waals surface area contributed by atoms with E-state index < -0.39 is 0 Å². The summed E-state index contributed by atoms with van der Waals surface area (Å²) in [6.07, 6.45) is 2.22. The summed E-state index contributed by atoms with van der Waals surface area (Å²) in [4.78, 5) is 15.0. The van der Waals surface area contributed by atoms with Crippen molar-refractivity contribution in [1.82, 2.24) is 5.32 Å². The lowest BCUT2D eigenvalue weighted by atomic mass is 9.89. The number of benzene rings is 1. The van der Waals surface area contributed by atoms with Gasteiger partial charge < -0.3 is 10.1 Å². The summed E-state index contributed by atoms with van der Waals surface area (Å²) in [5.41, 5.74) is 9.24. The number of hydrogen-bond acceptors (Lipinski definition) is 3. The van der Waals surface area contributed by atoms with Crippen LogP contribution in [0.3, 0.4) is 0 Å². The van der Waals surface area contributed by atoms with E-state index >= 15 is 0 Å². The van der Waals surface area contributed by atoms with Crippen LogP contribution < -0.4 is 5.32 Å². The maximum absolute atomic E-state index is 12.3. The van der Waals surface area contributed by atoms with Crippen LogP contribution in [-0.2, 0) is 9.53 Å². The van der Waals surface area contributed by atoms with Crippen molar-refractivity contribution in [1.29, 1.82) is 0 Å². The Labute approximate surface area is 124 Å². The normalized spacial score (nSPS) is 21.3. The molecule has 0 aliphatic carbocycles. The molecular formula is C15H20N4O2. The van der Waals surface area contributed by atoms with Gasteiger partial charge in [0, 0.05) is 24.6 Å². The molecule has 0 bridgehead atoms. The van der Waals surface area contributed by atoms with Crippen molar-refractivity contribution in [3.8, 4) is 0 Å². The first-order chi connectivity index (χ1) is 10.3. The first kappa shape index (κ1) is 15.4. The van der Waals surface area contributed by atoms with Crippen molar-refractivity contribution < 1.29 is 9.53 Å². The maximum Gasteiger partial charge on any atom is 0.226 e. The van der Waals surface area contributed by atoms with Crippen molar-refractivity contribution in [2.24, 2.45) is 11.0 Å². The van der Waals surface area contributed by atoms with Crippen LogP contribution >= 0.6 is 0 Å². The minimum Gasteiger partial charge on any atom is -0.373 e. The number of carbonyl (C=O) groups is 1. The van der Waals surface area contributed by atoms with Crippen LogP contribution in [0.15, 0.2) is 35.4 Å². The van der Waals surface area contributed by atoms with Gasteiger partial charge in [-0.2, -0.15) is 0 Å². The van der Waals surface area contributed by atoms with Crippen molar-refractivity contribution >= 4 is 5.91 Å². The second-order valence-electron chi connectivity index (χ2n) is 5.05. The number of hydrogen-bond donors (Lipinski definition) is 1. The zero-order valence-corrected chi connectivity index (χ0v) is 11.9. The molecule has 2 atom stereocenters. The summed E-state index contributed by atoms with van der Waals surface area (Å²) in [5, 5.41) is 6.36. The van der Waals surface area contributed by atoms with Gasteiger partial charge in [0.25, 0.3) is 0 Å². The molecule has 1 aromatic rings. The van der Waals surface area contributed by atoms with E-state index in [1.165, 1.54) is 0 Å². The largest absolute Gasteiger partial charge is 0.373 e. The van der Waals surface area contributed by atoms with Crippen molar-refractivity contribution in [2.45, 2.75) is 25.4 Å². The molecule has 6 nitrogen and oxygen atoms in total. The molecule has 1 N–H and O–H groups in total. The van der Waals surface area contributed by atoms with Gasteiger partial charge in [0.05, 0.1) is 12.0 Å². The summed E-state index contributed by atoms with van der Waals surface area (Å²) in [6, 6.07) is 9.87. The molecule has 1 amide bonds. The van der Waals surface area contributed by atoms with Gasteiger partial charge in [0.2, 0.25) is 5.91 Å². The number of azide groups is 1. The predicted molar refractivity (Wildman–Crippen MR) is 79.5 cm³/mol. The number of amides is 1. The van der Waals surface area contributed by atoms with Crippen LogP contribution in [0.4, 0.5) is 0 Å². The second-order valence-corrected chi connectivity index (χ2v) is 5.05. The molecule has 0 aromatic heterocycles. The van der Waals surface area contributed by atoms with Crippen LogP contribution in [0.5, 0.6) is 0 Å². The monoisotopic (exact) mass is 288 g/mol. The fourth-order valence-corrected chi connectivity index (χ4v) is 2.56. The van der Waals surface area contributed by atoms with E-state index in [1.54, 1.807) is 0 Å². The quantitative estimate of drug-likeness (QED) is 0.377. The van der Waals surface area contributed by atoms with E-state index in [-0.39, 0.29) is 17.9 Å². The van der Waals surface area contributed by atoms with E-state index in [0.29, 0.717) is 26.1 Å². The van der Waals surface area contributed by atoms with E-state index in [9.17, 15) is 4.79 Å². The maximum atomic E-state index is 12.3. The minimum atomic E-state index is -0.169. The Bertz CT molecular complexity index is 500.